The smallest absolute Gasteiger partial charge is 0.373 e. The van der Waals surface area contributed by atoms with E-state index in [1.165, 1.54) is 0 Å². The fraction of sp³-hybridized carbons (Fsp3) is 0.900. The summed E-state index contributed by atoms with van der Waals surface area (Å²) in [5.74, 6) is -1.25. The van der Waals surface area contributed by atoms with Crippen LogP contribution in [-0.2, 0) is 4.79 Å². The number of carbonyl (C=O) groups is 1. The summed E-state index contributed by atoms with van der Waals surface area (Å²) in [6.45, 7) is 1.06. The summed E-state index contributed by atoms with van der Waals surface area (Å²) < 4.78 is 37.4. The average molecular weight is 271 g/mol. The number of thioether (sulfide) groups is 1. The molecule has 1 aliphatic rings. The van der Waals surface area contributed by atoms with Crippen LogP contribution in [0.2, 0.25) is 0 Å². The van der Waals surface area contributed by atoms with E-state index in [-0.39, 0.29) is 13.1 Å². The highest BCUT2D eigenvalue weighted by Crippen LogP contribution is 2.33. The predicted molar refractivity (Wildman–Crippen MR) is 59.8 cm³/mol. The van der Waals surface area contributed by atoms with Gasteiger partial charge in [-0.2, -0.15) is 24.9 Å². The zero-order valence-corrected chi connectivity index (χ0v) is 10.6. The minimum Gasteiger partial charge on any atom is -0.373 e. The quantitative estimate of drug-likeness (QED) is 0.830. The minimum atomic E-state index is -4.93. The van der Waals surface area contributed by atoms with Gasteiger partial charge in [-0.25, -0.2) is 0 Å². The van der Waals surface area contributed by atoms with Crippen LogP contribution >= 0.6 is 11.8 Å². The van der Waals surface area contributed by atoms with Gasteiger partial charge in [0.15, 0.2) is 0 Å². The van der Waals surface area contributed by atoms with Crippen LogP contribution in [0, 0.1) is 0 Å². The van der Waals surface area contributed by atoms with Gasteiger partial charge in [0.25, 0.3) is 5.91 Å². The van der Waals surface area contributed by atoms with E-state index in [9.17, 15) is 23.1 Å². The molecule has 100 valence electrons. The molecule has 0 bridgehead atoms. The van der Waals surface area contributed by atoms with E-state index in [4.69, 9.17) is 0 Å². The van der Waals surface area contributed by atoms with Gasteiger partial charge in [0.1, 0.15) is 0 Å². The number of hydrogen-bond acceptors (Lipinski definition) is 3. The van der Waals surface area contributed by atoms with Crippen LogP contribution in [0.5, 0.6) is 0 Å². The molecule has 0 aromatic heterocycles. The fourth-order valence-electron chi connectivity index (χ4n) is 1.72. The molecule has 7 heteroatoms. The second-order valence-corrected chi connectivity index (χ2v) is 5.44. The van der Waals surface area contributed by atoms with Crippen molar-refractivity contribution in [2.24, 2.45) is 0 Å². The fourth-order valence-corrected chi connectivity index (χ4v) is 2.41. The normalized spacial score (nSPS) is 22.4. The van der Waals surface area contributed by atoms with Crippen molar-refractivity contribution in [3.63, 3.8) is 0 Å². The topological polar surface area (TPSA) is 40.5 Å². The van der Waals surface area contributed by atoms with Crippen LogP contribution in [0.3, 0.4) is 0 Å². The van der Waals surface area contributed by atoms with Gasteiger partial charge in [0.2, 0.25) is 5.60 Å². The van der Waals surface area contributed by atoms with E-state index in [0.29, 0.717) is 25.0 Å². The number of alkyl halides is 3. The van der Waals surface area contributed by atoms with E-state index in [1.807, 2.05) is 6.26 Å². The summed E-state index contributed by atoms with van der Waals surface area (Å²) in [6.07, 6.45) is -1.66. The first kappa shape index (κ1) is 14.6. The summed E-state index contributed by atoms with van der Waals surface area (Å²) >= 11 is 1.65. The van der Waals surface area contributed by atoms with Gasteiger partial charge in [-0.1, -0.05) is 0 Å². The van der Waals surface area contributed by atoms with E-state index in [2.05, 4.69) is 0 Å². The minimum absolute atomic E-state index is 0.274. The van der Waals surface area contributed by atoms with Gasteiger partial charge in [0, 0.05) is 18.3 Å². The summed E-state index contributed by atoms with van der Waals surface area (Å²) in [7, 11) is 0. The lowest BCUT2D eigenvalue weighted by molar-refractivity contribution is -0.250. The zero-order chi connectivity index (χ0) is 13.3. The molecule has 0 aromatic rings. The second kappa shape index (κ2) is 5.06. The lowest BCUT2D eigenvalue weighted by atomic mass is 10.0. The Labute approximate surface area is 102 Å². The van der Waals surface area contributed by atoms with Crippen molar-refractivity contribution in [1.29, 1.82) is 0 Å². The molecule has 0 aliphatic carbocycles. The monoisotopic (exact) mass is 271 g/mol. The van der Waals surface area contributed by atoms with Crippen LogP contribution in [-0.4, -0.2) is 52.3 Å². The van der Waals surface area contributed by atoms with E-state index < -0.39 is 17.7 Å². The van der Waals surface area contributed by atoms with Gasteiger partial charge in [0.05, 0.1) is 0 Å². The summed E-state index contributed by atoms with van der Waals surface area (Å²) in [6, 6.07) is 0. The Morgan fingerprint density at radius 2 is 1.82 bits per heavy atom. The number of nitrogens with zero attached hydrogens (tertiary/aromatic N) is 1. The van der Waals surface area contributed by atoms with Crippen molar-refractivity contribution in [2.45, 2.75) is 36.8 Å². The summed E-state index contributed by atoms with van der Waals surface area (Å²) in [4.78, 5) is 12.7. The highest BCUT2D eigenvalue weighted by atomic mass is 32.2. The molecule has 1 N–H and O–H groups in total. The lowest BCUT2D eigenvalue weighted by Gasteiger charge is -2.36. The molecule has 1 unspecified atom stereocenters. The number of likely N-dealkylation sites (tertiary alicyclic amines) is 1. The van der Waals surface area contributed by atoms with Gasteiger partial charge in [-0.15, -0.1) is 0 Å². The van der Waals surface area contributed by atoms with Gasteiger partial charge < -0.3 is 10.0 Å². The Kier molecular flexibility index (Phi) is 4.35. The number of hydrogen-bond donors (Lipinski definition) is 1. The van der Waals surface area contributed by atoms with E-state index in [0.717, 1.165) is 4.90 Å². The standard InChI is InChI=1S/C10H16F3NO2S/c1-9(16,10(11,12)13)8(15)14-5-3-7(17-2)4-6-14/h7,16H,3-6H2,1-2H3. The third-order valence-electron chi connectivity index (χ3n) is 3.03. The lowest BCUT2D eigenvalue weighted by Crippen LogP contribution is -2.57. The molecule has 1 fully saturated rings. The Morgan fingerprint density at radius 1 is 1.35 bits per heavy atom. The first-order valence-electron chi connectivity index (χ1n) is 5.31. The summed E-state index contributed by atoms with van der Waals surface area (Å²) in [5, 5.41) is 9.66. The third kappa shape index (κ3) is 3.07. The maximum absolute atomic E-state index is 12.5. The van der Waals surface area contributed by atoms with Crippen LogP contribution in [0.4, 0.5) is 13.2 Å². The molecule has 3 nitrogen and oxygen atoms in total. The highest BCUT2D eigenvalue weighted by molar-refractivity contribution is 7.99. The maximum Gasteiger partial charge on any atom is 0.426 e. The van der Waals surface area contributed by atoms with E-state index in [1.54, 1.807) is 11.8 Å². The van der Waals surface area contributed by atoms with Crippen molar-refractivity contribution in [3.05, 3.63) is 0 Å². The van der Waals surface area contributed by atoms with Gasteiger partial charge >= 0.3 is 6.18 Å². The zero-order valence-electron chi connectivity index (χ0n) is 9.75. The molecule has 1 amide bonds. The Balaban J connectivity index is 2.66. The van der Waals surface area contributed by atoms with Crippen LogP contribution < -0.4 is 0 Å². The van der Waals surface area contributed by atoms with Crippen molar-refractivity contribution in [2.75, 3.05) is 19.3 Å². The van der Waals surface area contributed by atoms with Crippen molar-refractivity contribution in [3.8, 4) is 0 Å². The molecular weight excluding hydrogens is 255 g/mol. The second-order valence-electron chi connectivity index (χ2n) is 4.30. The molecule has 0 spiro atoms. The molecule has 17 heavy (non-hydrogen) atoms. The molecule has 0 aromatic carbocycles. The number of halogens is 3. The molecule has 0 saturated carbocycles. The highest BCUT2D eigenvalue weighted by Gasteiger charge is 2.57. The molecule has 1 atom stereocenters. The SMILES string of the molecule is CSC1CCN(C(=O)C(C)(O)C(F)(F)F)CC1. The van der Waals surface area contributed by atoms with Gasteiger partial charge in [-0.3, -0.25) is 4.79 Å². The van der Waals surface area contributed by atoms with Crippen molar-refractivity contribution >= 4 is 17.7 Å². The van der Waals surface area contributed by atoms with E-state index >= 15 is 0 Å². The van der Waals surface area contributed by atoms with Crippen LogP contribution in [0.1, 0.15) is 19.8 Å². The Hall–Kier alpha value is -0.430. The Morgan fingerprint density at radius 3 is 2.18 bits per heavy atom. The number of rotatable bonds is 2. The summed E-state index contributed by atoms with van der Waals surface area (Å²) in [5.41, 5.74) is -3.28. The molecule has 1 saturated heterocycles. The molecular formula is C10H16F3NO2S. The first-order chi connectivity index (χ1) is 7.70. The maximum atomic E-state index is 12.5. The molecule has 1 heterocycles. The number of amides is 1. The number of aliphatic hydroxyl groups is 1. The predicted octanol–water partition coefficient (Wildman–Crippen LogP) is 1.65. The van der Waals surface area contributed by atoms with Crippen molar-refractivity contribution < 1.29 is 23.1 Å². The van der Waals surface area contributed by atoms with Crippen LogP contribution in [0.25, 0.3) is 0 Å². The van der Waals surface area contributed by atoms with Crippen LogP contribution in [0.15, 0.2) is 0 Å². The van der Waals surface area contributed by atoms with Crippen molar-refractivity contribution in [1.82, 2.24) is 4.90 Å². The largest absolute Gasteiger partial charge is 0.426 e. The van der Waals surface area contributed by atoms with Gasteiger partial charge in [-0.05, 0) is 26.0 Å². The number of piperidine rings is 1. The average Bonchev–Trinajstić information content (AvgIpc) is 2.26. The number of carbonyl (C=O) groups excluding carboxylic acids is 1. The molecule has 0 radical (unpaired) electrons. The molecule has 1 aliphatic heterocycles. The first-order valence-corrected chi connectivity index (χ1v) is 6.60. The molecule has 1 rings (SSSR count). The third-order valence-corrected chi connectivity index (χ3v) is 4.17. The Bertz CT molecular complexity index is 286.